The highest BCUT2D eigenvalue weighted by Crippen LogP contribution is 2.10. The quantitative estimate of drug-likeness (QED) is 0.768. The maximum atomic E-state index is 11.8. The van der Waals surface area contributed by atoms with E-state index in [9.17, 15) is 9.59 Å². The summed E-state index contributed by atoms with van der Waals surface area (Å²) in [7, 11) is 0. The van der Waals surface area contributed by atoms with Gasteiger partial charge in [0.1, 0.15) is 5.75 Å². The maximum absolute atomic E-state index is 11.8. The van der Waals surface area contributed by atoms with Crippen LogP contribution in [0.15, 0.2) is 54.6 Å². The van der Waals surface area contributed by atoms with Crippen LogP contribution >= 0.6 is 0 Å². The van der Waals surface area contributed by atoms with Crippen molar-refractivity contribution in [1.82, 2.24) is 10.6 Å². The standard InChI is InChI=1S/C18H20N2O3/c1-14-7-9-16(10-8-14)23-13-17(21)19-11-12-20-18(22)15-5-3-2-4-6-15/h2-10H,11-13H2,1H3,(H,19,21)(H,20,22). The van der Waals surface area contributed by atoms with Gasteiger partial charge in [0.2, 0.25) is 0 Å². The van der Waals surface area contributed by atoms with Crippen LogP contribution in [0.1, 0.15) is 15.9 Å². The first-order chi connectivity index (χ1) is 11.1. The third-order valence-electron chi connectivity index (χ3n) is 3.16. The van der Waals surface area contributed by atoms with E-state index in [1.807, 2.05) is 37.3 Å². The molecule has 2 aromatic carbocycles. The minimum Gasteiger partial charge on any atom is -0.484 e. The Kier molecular flexibility index (Phi) is 6.17. The average Bonchev–Trinajstić information content (AvgIpc) is 2.59. The number of aryl methyl sites for hydroxylation is 1. The Morgan fingerprint density at radius 1 is 0.913 bits per heavy atom. The lowest BCUT2D eigenvalue weighted by Gasteiger charge is -2.08. The lowest BCUT2D eigenvalue weighted by molar-refractivity contribution is -0.123. The van der Waals surface area contributed by atoms with Gasteiger partial charge in [0.25, 0.3) is 11.8 Å². The fourth-order valence-corrected chi connectivity index (χ4v) is 1.90. The first kappa shape index (κ1) is 16.5. The smallest absolute Gasteiger partial charge is 0.258 e. The topological polar surface area (TPSA) is 67.4 Å². The van der Waals surface area contributed by atoms with Crippen LogP contribution in [0.4, 0.5) is 0 Å². The normalized spacial score (nSPS) is 9.96. The number of benzene rings is 2. The van der Waals surface area contributed by atoms with Crippen LogP contribution in [0.2, 0.25) is 0 Å². The summed E-state index contributed by atoms with van der Waals surface area (Å²) in [5, 5.41) is 5.43. The average molecular weight is 312 g/mol. The summed E-state index contributed by atoms with van der Waals surface area (Å²) < 4.78 is 5.37. The van der Waals surface area contributed by atoms with E-state index >= 15 is 0 Å². The second kappa shape index (κ2) is 8.58. The number of amides is 2. The molecule has 0 aliphatic rings. The predicted octanol–water partition coefficient (Wildman–Crippen LogP) is 1.92. The third-order valence-corrected chi connectivity index (χ3v) is 3.16. The molecule has 5 nitrogen and oxygen atoms in total. The molecule has 2 aromatic rings. The van der Waals surface area contributed by atoms with Gasteiger partial charge in [-0.1, -0.05) is 35.9 Å². The van der Waals surface area contributed by atoms with E-state index in [-0.39, 0.29) is 18.4 Å². The third kappa shape index (κ3) is 5.82. The maximum Gasteiger partial charge on any atom is 0.258 e. The molecule has 0 saturated carbocycles. The molecular weight excluding hydrogens is 292 g/mol. The van der Waals surface area contributed by atoms with Crippen molar-refractivity contribution >= 4 is 11.8 Å². The van der Waals surface area contributed by atoms with Gasteiger partial charge in [0.15, 0.2) is 6.61 Å². The van der Waals surface area contributed by atoms with E-state index in [2.05, 4.69) is 10.6 Å². The van der Waals surface area contributed by atoms with Gasteiger partial charge < -0.3 is 15.4 Å². The summed E-state index contributed by atoms with van der Waals surface area (Å²) >= 11 is 0. The number of carbonyl (C=O) groups excluding carboxylic acids is 2. The number of ether oxygens (including phenoxy) is 1. The van der Waals surface area contributed by atoms with Gasteiger partial charge in [-0.2, -0.15) is 0 Å². The van der Waals surface area contributed by atoms with Gasteiger partial charge in [-0.3, -0.25) is 9.59 Å². The molecule has 0 aliphatic heterocycles. The molecule has 0 spiro atoms. The number of nitrogens with one attached hydrogen (secondary N) is 2. The summed E-state index contributed by atoms with van der Waals surface area (Å²) in [4.78, 5) is 23.4. The van der Waals surface area contributed by atoms with E-state index in [1.54, 1.807) is 24.3 Å². The van der Waals surface area contributed by atoms with Crippen molar-refractivity contribution in [3.63, 3.8) is 0 Å². The van der Waals surface area contributed by atoms with E-state index < -0.39 is 0 Å². The van der Waals surface area contributed by atoms with Gasteiger partial charge in [-0.05, 0) is 31.2 Å². The Balaban J connectivity index is 1.61. The lowest BCUT2D eigenvalue weighted by Crippen LogP contribution is -2.36. The molecule has 0 radical (unpaired) electrons. The zero-order chi connectivity index (χ0) is 16.5. The Hall–Kier alpha value is -2.82. The Morgan fingerprint density at radius 3 is 2.26 bits per heavy atom. The van der Waals surface area contributed by atoms with Crippen LogP contribution < -0.4 is 15.4 Å². The minimum atomic E-state index is -0.223. The molecule has 2 N–H and O–H groups in total. The fraction of sp³-hybridized carbons (Fsp3) is 0.222. The zero-order valence-electron chi connectivity index (χ0n) is 13.0. The summed E-state index contributed by atoms with van der Waals surface area (Å²) in [6, 6.07) is 16.4. The largest absolute Gasteiger partial charge is 0.484 e. The van der Waals surface area contributed by atoms with Crippen molar-refractivity contribution in [3.8, 4) is 5.75 Å². The molecule has 0 unspecified atom stereocenters. The molecule has 0 fully saturated rings. The molecule has 120 valence electrons. The van der Waals surface area contributed by atoms with Crippen LogP contribution in [-0.2, 0) is 4.79 Å². The van der Waals surface area contributed by atoms with Crippen LogP contribution in [0.3, 0.4) is 0 Å². The molecule has 0 bridgehead atoms. The molecule has 5 heteroatoms. The van der Waals surface area contributed by atoms with E-state index in [0.29, 0.717) is 24.4 Å². The van der Waals surface area contributed by atoms with Crippen molar-refractivity contribution in [1.29, 1.82) is 0 Å². The lowest BCUT2D eigenvalue weighted by atomic mass is 10.2. The number of rotatable bonds is 7. The highest BCUT2D eigenvalue weighted by molar-refractivity contribution is 5.94. The van der Waals surface area contributed by atoms with Gasteiger partial charge in [-0.15, -0.1) is 0 Å². The molecule has 0 aliphatic carbocycles. The molecular formula is C18H20N2O3. The first-order valence-corrected chi connectivity index (χ1v) is 7.44. The van der Waals surface area contributed by atoms with Crippen LogP contribution in [-0.4, -0.2) is 31.5 Å². The summed E-state index contributed by atoms with van der Waals surface area (Å²) in [6.07, 6.45) is 0. The fourth-order valence-electron chi connectivity index (χ4n) is 1.90. The number of hydrogen-bond acceptors (Lipinski definition) is 3. The van der Waals surface area contributed by atoms with Gasteiger partial charge in [-0.25, -0.2) is 0 Å². The monoisotopic (exact) mass is 312 g/mol. The molecule has 2 rings (SSSR count). The van der Waals surface area contributed by atoms with Gasteiger partial charge in [0.05, 0.1) is 0 Å². The second-order valence-electron chi connectivity index (χ2n) is 5.07. The molecule has 0 saturated heterocycles. The van der Waals surface area contributed by atoms with Gasteiger partial charge >= 0.3 is 0 Å². The van der Waals surface area contributed by atoms with Crippen LogP contribution in [0.25, 0.3) is 0 Å². The Bertz CT molecular complexity index is 639. The van der Waals surface area contributed by atoms with Gasteiger partial charge in [0, 0.05) is 18.7 Å². The highest BCUT2D eigenvalue weighted by atomic mass is 16.5. The molecule has 0 atom stereocenters. The van der Waals surface area contributed by atoms with Crippen LogP contribution in [0.5, 0.6) is 5.75 Å². The van der Waals surface area contributed by atoms with Crippen molar-refractivity contribution in [2.45, 2.75) is 6.92 Å². The number of hydrogen-bond donors (Lipinski definition) is 2. The summed E-state index contributed by atoms with van der Waals surface area (Å²) in [5.74, 6) is 0.276. The minimum absolute atomic E-state index is 0.0459. The summed E-state index contributed by atoms with van der Waals surface area (Å²) in [6.45, 7) is 2.66. The molecule has 23 heavy (non-hydrogen) atoms. The van der Waals surface area contributed by atoms with E-state index in [4.69, 9.17) is 4.74 Å². The zero-order valence-corrected chi connectivity index (χ0v) is 13.0. The van der Waals surface area contributed by atoms with E-state index in [0.717, 1.165) is 5.56 Å². The van der Waals surface area contributed by atoms with Crippen LogP contribution in [0, 0.1) is 6.92 Å². The molecule has 0 aromatic heterocycles. The molecule has 0 heterocycles. The molecule has 2 amide bonds. The predicted molar refractivity (Wildman–Crippen MR) is 88.5 cm³/mol. The van der Waals surface area contributed by atoms with Crippen molar-refractivity contribution < 1.29 is 14.3 Å². The Labute approximate surface area is 135 Å². The number of carbonyl (C=O) groups is 2. The highest BCUT2D eigenvalue weighted by Gasteiger charge is 2.05. The SMILES string of the molecule is Cc1ccc(OCC(=O)NCCNC(=O)c2ccccc2)cc1. The van der Waals surface area contributed by atoms with Crippen molar-refractivity contribution in [3.05, 3.63) is 65.7 Å². The Morgan fingerprint density at radius 2 is 1.57 bits per heavy atom. The van der Waals surface area contributed by atoms with Crippen molar-refractivity contribution in [2.24, 2.45) is 0 Å². The second-order valence-corrected chi connectivity index (χ2v) is 5.07. The first-order valence-electron chi connectivity index (χ1n) is 7.44. The van der Waals surface area contributed by atoms with E-state index in [1.165, 1.54) is 0 Å². The van der Waals surface area contributed by atoms with Crippen molar-refractivity contribution in [2.75, 3.05) is 19.7 Å². The summed E-state index contributed by atoms with van der Waals surface area (Å²) in [5.41, 5.74) is 1.73.